The van der Waals surface area contributed by atoms with Crippen LogP contribution in [0.3, 0.4) is 0 Å². The molecule has 42 heavy (non-hydrogen) atoms. The molecule has 0 unspecified atom stereocenters. The molecule has 12 heteroatoms. The molecule has 0 bridgehead atoms. The van der Waals surface area contributed by atoms with Crippen LogP contribution >= 0.6 is 23.2 Å². The molecular formula is C30H33Cl2N3O6S. The number of hydrogen-bond donors (Lipinski definition) is 1. The minimum Gasteiger partial charge on any atom is -0.454 e. The smallest absolute Gasteiger partial charge is 0.244 e. The molecule has 2 amide bonds. The van der Waals surface area contributed by atoms with E-state index < -0.39 is 28.5 Å². The zero-order chi connectivity index (χ0) is 30.4. The number of anilines is 1. The topological polar surface area (TPSA) is 105 Å². The zero-order valence-electron chi connectivity index (χ0n) is 23.5. The number of carbonyl (C=O) groups excluding carboxylic acids is 2. The van der Waals surface area contributed by atoms with E-state index in [9.17, 15) is 18.0 Å². The summed E-state index contributed by atoms with van der Waals surface area (Å²) < 4.78 is 38.5. The summed E-state index contributed by atoms with van der Waals surface area (Å²) in [6.07, 6.45) is 0.195. The predicted octanol–water partition coefficient (Wildman–Crippen LogP) is 5.04. The molecule has 4 rings (SSSR count). The highest BCUT2D eigenvalue weighted by atomic mass is 35.5. The summed E-state index contributed by atoms with van der Waals surface area (Å²) in [5, 5.41) is 3.65. The number of halogens is 2. The minimum atomic E-state index is -3.92. The quantitative estimate of drug-likeness (QED) is 0.299. The van der Waals surface area contributed by atoms with Gasteiger partial charge in [-0.15, -0.1) is 0 Å². The molecule has 0 fully saturated rings. The second-order valence-electron chi connectivity index (χ2n) is 10.1. The molecule has 0 aromatic heterocycles. The fraction of sp³-hybridized carbons (Fsp3) is 0.333. The monoisotopic (exact) mass is 633 g/mol. The van der Waals surface area contributed by atoms with Gasteiger partial charge in [-0.25, -0.2) is 8.42 Å². The van der Waals surface area contributed by atoms with Crippen molar-refractivity contribution in [3.63, 3.8) is 0 Å². The molecule has 0 saturated carbocycles. The number of carbonyl (C=O) groups is 2. The maximum atomic E-state index is 14.2. The van der Waals surface area contributed by atoms with E-state index in [1.165, 1.54) is 17.9 Å². The van der Waals surface area contributed by atoms with E-state index in [1.54, 1.807) is 30.3 Å². The first kappa shape index (κ1) is 31.5. The summed E-state index contributed by atoms with van der Waals surface area (Å²) in [7, 11) is -3.92. The number of hydrogen-bond acceptors (Lipinski definition) is 6. The Balaban J connectivity index is 1.77. The molecule has 1 atom stereocenters. The molecular weight excluding hydrogens is 601 g/mol. The molecule has 0 aliphatic carbocycles. The maximum absolute atomic E-state index is 14.2. The van der Waals surface area contributed by atoms with Gasteiger partial charge in [-0.3, -0.25) is 13.9 Å². The summed E-state index contributed by atoms with van der Waals surface area (Å²) in [4.78, 5) is 29.3. The highest BCUT2D eigenvalue weighted by Crippen LogP contribution is 2.36. The summed E-state index contributed by atoms with van der Waals surface area (Å²) in [5.74, 6) is -0.361. The Kier molecular flexibility index (Phi) is 10.2. The van der Waals surface area contributed by atoms with Crippen LogP contribution in [0, 0.1) is 0 Å². The highest BCUT2D eigenvalue weighted by molar-refractivity contribution is 7.92. The van der Waals surface area contributed by atoms with Gasteiger partial charge in [-0.1, -0.05) is 59.6 Å². The third-order valence-corrected chi connectivity index (χ3v) is 9.01. The molecule has 9 nitrogen and oxygen atoms in total. The van der Waals surface area contributed by atoms with Crippen LogP contribution in [0.2, 0.25) is 10.0 Å². The molecule has 3 aromatic carbocycles. The molecule has 0 spiro atoms. The molecule has 0 saturated heterocycles. The number of ether oxygens (including phenoxy) is 2. The van der Waals surface area contributed by atoms with Crippen molar-refractivity contribution in [2.45, 2.75) is 45.8 Å². The molecule has 1 heterocycles. The van der Waals surface area contributed by atoms with E-state index in [1.807, 2.05) is 44.2 Å². The summed E-state index contributed by atoms with van der Waals surface area (Å²) in [5.41, 5.74) is 1.62. The Morgan fingerprint density at radius 1 is 0.976 bits per heavy atom. The van der Waals surface area contributed by atoms with E-state index in [0.717, 1.165) is 9.87 Å². The Hall–Kier alpha value is -3.47. The Bertz CT molecular complexity index is 1540. The predicted molar refractivity (Wildman–Crippen MR) is 164 cm³/mol. The van der Waals surface area contributed by atoms with Crippen molar-refractivity contribution in [3.05, 3.63) is 87.9 Å². The van der Waals surface area contributed by atoms with Gasteiger partial charge in [-0.05, 0) is 56.2 Å². The first-order chi connectivity index (χ1) is 20.0. The number of rotatable bonds is 12. The van der Waals surface area contributed by atoms with Crippen molar-refractivity contribution in [1.82, 2.24) is 10.2 Å². The molecule has 1 N–H and O–H groups in total. The van der Waals surface area contributed by atoms with Gasteiger partial charge in [0, 0.05) is 35.1 Å². The number of benzene rings is 3. The summed E-state index contributed by atoms with van der Waals surface area (Å²) in [6, 6.07) is 17.7. The first-order valence-corrected chi connectivity index (χ1v) is 15.8. The normalized spacial score (nSPS) is 13.1. The third-order valence-electron chi connectivity index (χ3n) is 6.68. The van der Waals surface area contributed by atoms with Gasteiger partial charge in [0.1, 0.15) is 12.6 Å². The number of sulfonamides is 1. The van der Waals surface area contributed by atoms with Crippen LogP contribution < -0.4 is 19.1 Å². The van der Waals surface area contributed by atoms with E-state index in [0.29, 0.717) is 27.1 Å². The lowest BCUT2D eigenvalue weighted by atomic mass is 10.0. The fourth-order valence-corrected chi connectivity index (χ4v) is 6.05. The summed E-state index contributed by atoms with van der Waals surface area (Å²) in [6.45, 7) is 4.56. The maximum Gasteiger partial charge on any atom is 0.244 e. The van der Waals surface area contributed by atoms with Gasteiger partial charge in [0.05, 0.1) is 11.4 Å². The van der Waals surface area contributed by atoms with Crippen LogP contribution in [0.25, 0.3) is 0 Å². The zero-order valence-corrected chi connectivity index (χ0v) is 25.9. The average molecular weight is 635 g/mol. The van der Waals surface area contributed by atoms with Crippen LogP contribution in [0.15, 0.2) is 66.7 Å². The van der Waals surface area contributed by atoms with Crippen molar-refractivity contribution in [2.75, 3.05) is 23.4 Å². The van der Waals surface area contributed by atoms with Crippen molar-refractivity contribution < 1.29 is 27.5 Å². The molecule has 0 radical (unpaired) electrons. The van der Waals surface area contributed by atoms with Crippen molar-refractivity contribution in [3.8, 4) is 11.5 Å². The number of amides is 2. The van der Waals surface area contributed by atoms with E-state index in [2.05, 4.69) is 5.32 Å². The first-order valence-electron chi connectivity index (χ1n) is 13.5. The number of nitrogens with zero attached hydrogens (tertiary/aromatic N) is 2. The van der Waals surface area contributed by atoms with E-state index >= 15 is 0 Å². The van der Waals surface area contributed by atoms with Crippen LogP contribution in [0.4, 0.5) is 5.69 Å². The van der Waals surface area contributed by atoms with Gasteiger partial charge in [0.25, 0.3) is 0 Å². The third kappa shape index (κ3) is 7.67. The van der Waals surface area contributed by atoms with Crippen LogP contribution in [0.1, 0.15) is 31.9 Å². The lowest BCUT2D eigenvalue weighted by Gasteiger charge is -2.34. The Labute approximate surface area is 256 Å². The lowest BCUT2D eigenvalue weighted by molar-refractivity contribution is -0.140. The van der Waals surface area contributed by atoms with Gasteiger partial charge in [0.2, 0.25) is 28.6 Å². The van der Waals surface area contributed by atoms with Crippen LogP contribution in [0.5, 0.6) is 11.5 Å². The number of nitrogens with one attached hydrogen (secondary N) is 1. The largest absolute Gasteiger partial charge is 0.454 e. The molecule has 3 aromatic rings. The molecule has 1 aliphatic heterocycles. The van der Waals surface area contributed by atoms with E-state index in [4.69, 9.17) is 32.7 Å². The Morgan fingerprint density at radius 3 is 2.36 bits per heavy atom. The second-order valence-corrected chi connectivity index (χ2v) is 13.1. The number of fused-ring (bicyclic) bond motifs is 1. The lowest BCUT2D eigenvalue weighted by Crippen LogP contribution is -2.54. The molecule has 224 valence electrons. The van der Waals surface area contributed by atoms with Gasteiger partial charge in [-0.2, -0.15) is 0 Å². The van der Waals surface area contributed by atoms with Gasteiger partial charge in [0.15, 0.2) is 11.5 Å². The fourth-order valence-electron chi connectivity index (χ4n) is 4.53. The van der Waals surface area contributed by atoms with Crippen LogP contribution in [-0.4, -0.2) is 56.3 Å². The van der Waals surface area contributed by atoms with Crippen molar-refractivity contribution in [1.29, 1.82) is 0 Å². The van der Waals surface area contributed by atoms with Gasteiger partial charge >= 0.3 is 0 Å². The minimum absolute atomic E-state index is 0.0139. The Morgan fingerprint density at radius 2 is 1.69 bits per heavy atom. The standard InChI is InChI=1S/C30H33Cl2N3O6S/c1-4-42(38,39)35(24-12-13-27-28(16-24)41-19-40-27)18-29(36)34(17-22-10-11-23(31)15-25(22)32)26(30(37)33-20(2)3)14-21-8-6-5-7-9-21/h5-13,15-16,20,26H,4,14,17-19H2,1-3H3,(H,33,37)/t26-/m1/s1. The van der Waals surface area contributed by atoms with Crippen LogP contribution in [-0.2, 0) is 32.6 Å². The average Bonchev–Trinajstić information content (AvgIpc) is 3.42. The highest BCUT2D eigenvalue weighted by Gasteiger charge is 2.34. The van der Waals surface area contributed by atoms with Crippen molar-refractivity contribution in [2.24, 2.45) is 0 Å². The van der Waals surface area contributed by atoms with Gasteiger partial charge < -0.3 is 19.7 Å². The van der Waals surface area contributed by atoms with E-state index in [-0.39, 0.29) is 43.1 Å². The molecule has 1 aliphatic rings. The SMILES string of the molecule is CCS(=O)(=O)N(CC(=O)N(Cc1ccc(Cl)cc1Cl)[C@H](Cc1ccccc1)C(=O)NC(C)C)c1ccc2c(c1)OCO2. The summed E-state index contributed by atoms with van der Waals surface area (Å²) >= 11 is 12.6. The second kappa shape index (κ2) is 13.7. The van der Waals surface area contributed by atoms with Crippen molar-refractivity contribution >= 4 is 50.7 Å².